The number of nitrogens with zero attached hydrogens (tertiary/aromatic N) is 2. The molecule has 0 bridgehead atoms. The number of aryl methyl sites for hydroxylation is 1. The zero-order valence-corrected chi connectivity index (χ0v) is 15.0. The zero-order valence-electron chi connectivity index (χ0n) is 14.2. The molecule has 0 aliphatic carbocycles. The van der Waals surface area contributed by atoms with Gasteiger partial charge in [-0.3, -0.25) is 4.79 Å². The lowest BCUT2D eigenvalue weighted by Crippen LogP contribution is -2.21. The number of para-hydroxylation sites is 1. The van der Waals surface area contributed by atoms with Gasteiger partial charge in [-0.25, -0.2) is 4.68 Å². The van der Waals surface area contributed by atoms with E-state index in [1.54, 1.807) is 24.3 Å². The Hall–Kier alpha value is -2.80. The summed E-state index contributed by atoms with van der Waals surface area (Å²) in [5, 5.41) is 6.59. The molecule has 1 amide bonds. The van der Waals surface area contributed by atoms with Crippen molar-refractivity contribution in [1.29, 1.82) is 0 Å². The normalized spacial score (nSPS) is 11.4. The van der Waals surface area contributed by atoms with E-state index in [1.165, 1.54) is 24.3 Å². The van der Waals surface area contributed by atoms with Crippen LogP contribution in [0.2, 0.25) is 5.02 Å². The number of hydrogen-bond acceptors (Lipinski definition) is 2. The molecule has 0 spiro atoms. The number of carbonyl (C=O) groups excluding carboxylic acids is 1. The number of benzene rings is 2. The first-order chi connectivity index (χ1) is 12.8. The molecule has 1 aromatic heterocycles. The highest BCUT2D eigenvalue weighted by atomic mass is 35.5. The van der Waals surface area contributed by atoms with Gasteiger partial charge >= 0.3 is 6.18 Å². The number of anilines is 1. The first-order valence-electron chi connectivity index (χ1n) is 8.11. The summed E-state index contributed by atoms with van der Waals surface area (Å²) in [5.74, 6) is -0.878. The van der Waals surface area contributed by atoms with Gasteiger partial charge in [0.2, 0.25) is 0 Å². The van der Waals surface area contributed by atoms with Crippen LogP contribution in [-0.2, 0) is 12.6 Å². The highest BCUT2D eigenvalue weighted by Crippen LogP contribution is 2.34. The maximum Gasteiger partial charge on any atom is 0.434 e. The third-order valence-corrected chi connectivity index (χ3v) is 4.22. The Kier molecular flexibility index (Phi) is 5.23. The zero-order chi connectivity index (χ0) is 19.6. The number of carbonyl (C=O) groups is 1. The quantitative estimate of drug-likeness (QED) is 0.648. The van der Waals surface area contributed by atoms with E-state index in [4.69, 9.17) is 11.6 Å². The second-order valence-electron chi connectivity index (χ2n) is 5.76. The van der Waals surface area contributed by atoms with Crippen LogP contribution in [0.1, 0.15) is 28.5 Å². The van der Waals surface area contributed by atoms with Crippen molar-refractivity contribution in [1.82, 2.24) is 9.78 Å². The first kappa shape index (κ1) is 19.0. The number of hydrogen-bond donors (Lipinski definition) is 1. The first-order valence-corrected chi connectivity index (χ1v) is 8.49. The van der Waals surface area contributed by atoms with Crippen molar-refractivity contribution in [3.8, 4) is 5.69 Å². The Morgan fingerprint density at radius 1 is 1.19 bits per heavy atom. The molecule has 1 N–H and O–H groups in total. The van der Waals surface area contributed by atoms with Crippen molar-refractivity contribution < 1.29 is 18.0 Å². The van der Waals surface area contributed by atoms with E-state index in [0.717, 1.165) is 11.8 Å². The Balaban J connectivity index is 2.04. The van der Waals surface area contributed by atoms with Gasteiger partial charge in [-0.15, -0.1) is 0 Å². The summed E-state index contributed by atoms with van der Waals surface area (Å²) in [7, 11) is 0. The lowest BCUT2D eigenvalue weighted by Gasteiger charge is -2.14. The van der Waals surface area contributed by atoms with Gasteiger partial charge in [0, 0.05) is 10.7 Å². The third-order valence-electron chi connectivity index (χ3n) is 3.98. The topological polar surface area (TPSA) is 46.9 Å². The molecule has 0 saturated heterocycles. The van der Waals surface area contributed by atoms with Crippen LogP contribution in [0.3, 0.4) is 0 Å². The van der Waals surface area contributed by atoms with Crippen molar-refractivity contribution in [2.24, 2.45) is 0 Å². The molecule has 2 aromatic carbocycles. The Bertz CT molecular complexity index is 982. The molecule has 1 heterocycles. The van der Waals surface area contributed by atoms with E-state index in [9.17, 15) is 18.0 Å². The minimum absolute atomic E-state index is 0.114. The summed E-state index contributed by atoms with van der Waals surface area (Å²) in [5.41, 5.74) is -0.317. The van der Waals surface area contributed by atoms with E-state index >= 15 is 0 Å². The van der Waals surface area contributed by atoms with Crippen molar-refractivity contribution >= 4 is 23.2 Å². The molecule has 27 heavy (non-hydrogen) atoms. The van der Waals surface area contributed by atoms with Gasteiger partial charge in [-0.05, 0) is 36.2 Å². The lowest BCUT2D eigenvalue weighted by atomic mass is 10.1. The molecule has 8 heteroatoms. The van der Waals surface area contributed by atoms with Crippen LogP contribution in [0.25, 0.3) is 5.69 Å². The van der Waals surface area contributed by atoms with Gasteiger partial charge in [0.1, 0.15) is 0 Å². The molecule has 0 aliphatic rings. The maximum absolute atomic E-state index is 13.7. The van der Waals surface area contributed by atoms with Crippen LogP contribution < -0.4 is 5.32 Å². The predicted molar refractivity (Wildman–Crippen MR) is 97.3 cm³/mol. The maximum atomic E-state index is 13.7. The molecule has 140 valence electrons. The van der Waals surface area contributed by atoms with Gasteiger partial charge in [-0.2, -0.15) is 18.3 Å². The predicted octanol–water partition coefficient (Wildman–Crippen LogP) is 5.36. The van der Waals surface area contributed by atoms with Crippen LogP contribution in [0.15, 0.2) is 54.7 Å². The summed E-state index contributed by atoms with van der Waals surface area (Å²) in [4.78, 5) is 12.6. The molecule has 0 aliphatic heterocycles. The van der Waals surface area contributed by atoms with Crippen LogP contribution >= 0.6 is 11.6 Å². The van der Waals surface area contributed by atoms with Crippen LogP contribution in [0.5, 0.6) is 0 Å². The van der Waals surface area contributed by atoms with Crippen LogP contribution in [0.4, 0.5) is 18.9 Å². The molecule has 3 rings (SSSR count). The highest BCUT2D eigenvalue weighted by Gasteiger charge is 2.40. The third kappa shape index (κ3) is 3.98. The number of nitrogens with one attached hydrogen (secondary N) is 1. The Morgan fingerprint density at radius 3 is 2.59 bits per heavy atom. The monoisotopic (exact) mass is 393 g/mol. The average Bonchev–Trinajstić information content (AvgIpc) is 3.08. The van der Waals surface area contributed by atoms with Crippen LogP contribution in [-0.4, -0.2) is 15.7 Å². The van der Waals surface area contributed by atoms with Gasteiger partial charge in [0.25, 0.3) is 5.91 Å². The second-order valence-corrected chi connectivity index (χ2v) is 6.20. The van der Waals surface area contributed by atoms with Gasteiger partial charge < -0.3 is 5.32 Å². The van der Waals surface area contributed by atoms with Crippen LogP contribution in [0, 0.1) is 0 Å². The van der Waals surface area contributed by atoms with Crippen molar-refractivity contribution in [3.05, 3.63) is 76.6 Å². The fraction of sp³-hybridized carbons (Fsp3) is 0.158. The van der Waals surface area contributed by atoms with Crippen molar-refractivity contribution in [2.75, 3.05) is 5.32 Å². The Morgan fingerprint density at radius 2 is 1.93 bits per heavy atom. The molecule has 0 radical (unpaired) electrons. The summed E-state index contributed by atoms with van der Waals surface area (Å²) in [6.07, 6.45) is -3.24. The molecular weight excluding hydrogens is 379 g/mol. The smallest absolute Gasteiger partial charge is 0.322 e. The van der Waals surface area contributed by atoms with Gasteiger partial charge in [0.15, 0.2) is 5.69 Å². The number of amides is 1. The second kappa shape index (κ2) is 7.44. The fourth-order valence-electron chi connectivity index (χ4n) is 2.73. The molecule has 0 saturated carbocycles. The number of rotatable bonds is 4. The number of halogens is 4. The molecule has 4 nitrogen and oxygen atoms in total. The number of aromatic nitrogens is 2. The van der Waals surface area contributed by atoms with Crippen molar-refractivity contribution in [3.63, 3.8) is 0 Å². The molecule has 0 fully saturated rings. The van der Waals surface area contributed by atoms with E-state index in [0.29, 0.717) is 16.8 Å². The van der Waals surface area contributed by atoms with Gasteiger partial charge in [-0.1, -0.05) is 42.8 Å². The highest BCUT2D eigenvalue weighted by molar-refractivity contribution is 6.30. The lowest BCUT2D eigenvalue weighted by molar-refractivity contribution is -0.143. The van der Waals surface area contributed by atoms with E-state index in [-0.39, 0.29) is 10.7 Å². The average molecular weight is 394 g/mol. The largest absolute Gasteiger partial charge is 0.434 e. The van der Waals surface area contributed by atoms with Gasteiger partial charge in [0.05, 0.1) is 17.4 Å². The van der Waals surface area contributed by atoms with E-state index < -0.39 is 23.3 Å². The molecule has 0 unspecified atom stereocenters. The summed E-state index contributed by atoms with van der Waals surface area (Å²) < 4.78 is 41.8. The number of alkyl halides is 3. The fourth-order valence-corrected chi connectivity index (χ4v) is 2.92. The molecule has 3 aromatic rings. The molecule has 0 atom stereocenters. The van der Waals surface area contributed by atoms with Crippen molar-refractivity contribution in [2.45, 2.75) is 19.5 Å². The molecular formula is C19H15ClF3N3O. The standard InChI is InChI=1S/C19H15ClF3N3O/c1-2-12-6-3-4-9-16(12)25-18(27)15-11-24-26(17(15)19(21,22)23)14-8-5-7-13(20)10-14/h3-11H,2H2,1H3,(H,25,27). The van der Waals surface area contributed by atoms with E-state index in [2.05, 4.69) is 10.4 Å². The Labute approximate surface area is 158 Å². The summed E-state index contributed by atoms with van der Waals surface area (Å²) in [6.45, 7) is 1.89. The SMILES string of the molecule is CCc1ccccc1NC(=O)c1cnn(-c2cccc(Cl)c2)c1C(F)(F)F. The van der Waals surface area contributed by atoms with E-state index in [1.807, 2.05) is 6.92 Å². The summed E-state index contributed by atoms with van der Waals surface area (Å²) >= 11 is 5.87. The summed E-state index contributed by atoms with van der Waals surface area (Å²) in [6, 6.07) is 12.8. The minimum atomic E-state index is -4.78. The minimum Gasteiger partial charge on any atom is -0.322 e.